The summed E-state index contributed by atoms with van der Waals surface area (Å²) in [5.41, 5.74) is 1.39. The lowest BCUT2D eigenvalue weighted by atomic mass is 10.0. The van der Waals surface area contributed by atoms with Crippen LogP contribution in [-0.2, 0) is 0 Å². The van der Waals surface area contributed by atoms with Crippen molar-refractivity contribution in [2.45, 2.75) is 58.4 Å². The van der Waals surface area contributed by atoms with E-state index in [1.54, 1.807) is 0 Å². The van der Waals surface area contributed by atoms with Crippen LogP contribution in [0.2, 0.25) is 0 Å². The first kappa shape index (κ1) is 12.7. The Kier molecular flexibility index (Phi) is 8.11. The topological polar surface area (TPSA) is 12.0 Å². The van der Waals surface area contributed by atoms with Crippen LogP contribution in [0.4, 0.5) is 0 Å². The molecule has 0 aliphatic rings. The fourth-order valence-corrected chi connectivity index (χ4v) is 1.56. The van der Waals surface area contributed by atoms with Crippen LogP contribution in [0.1, 0.15) is 52.4 Å². The Balaban J connectivity index is 3.42. The number of hydrogen-bond donors (Lipinski definition) is 1. The maximum absolute atomic E-state index is 4.02. The van der Waals surface area contributed by atoms with Crippen molar-refractivity contribution in [2.75, 3.05) is 7.05 Å². The van der Waals surface area contributed by atoms with E-state index in [1.807, 2.05) is 0 Å². The second kappa shape index (κ2) is 8.31. The SMILES string of the molecule is C=C(CC)CCCC(CCC)NC. The van der Waals surface area contributed by atoms with E-state index in [9.17, 15) is 0 Å². The van der Waals surface area contributed by atoms with Crippen LogP contribution in [-0.4, -0.2) is 13.1 Å². The van der Waals surface area contributed by atoms with Crippen LogP contribution in [0.25, 0.3) is 0 Å². The fourth-order valence-electron chi connectivity index (χ4n) is 1.56. The van der Waals surface area contributed by atoms with Crippen molar-refractivity contribution in [1.82, 2.24) is 5.32 Å². The van der Waals surface area contributed by atoms with Crippen molar-refractivity contribution in [3.05, 3.63) is 12.2 Å². The summed E-state index contributed by atoms with van der Waals surface area (Å²) in [4.78, 5) is 0. The Morgan fingerprint density at radius 2 is 2.00 bits per heavy atom. The molecule has 0 heterocycles. The van der Waals surface area contributed by atoms with E-state index in [-0.39, 0.29) is 0 Å². The predicted octanol–water partition coefficient (Wildman–Crippen LogP) is 3.51. The third-order valence-corrected chi connectivity index (χ3v) is 2.63. The van der Waals surface area contributed by atoms with Crippen molar-refractivity contribution in [3.63, 3.8) is 0 Å². The van der Waals surface area contributed by atoms with Gasteiger partial charge < -0.3 is 5.32 Å². The predicted molar refractivity (Wildman–Crippen MR) is 61.0 cm³/mol. The molecule has 0 saturated carbocycles. The van der Waals surface area contributed by atoms with E-state index in [0.29, 0.717) is 0 Å². The highest BCUT2D eigenvalue weighted by Crippen LogP contribution is 2.12. The lowest BCUT2D eigenvalue weighted by Crippen LogP contribution is -2.24. The van der Waals surface area contributed by atoms with Crippen LogP contribution in [0.15, 0.2) is 12.2 Å². The summed E-state index contributed by atoms with van der Waals surface area (Å²) in [5, 5.41) is 3.37. The molecule has 0 aliphatic carbocycles. The molecule has 0 radical (unpaired) electrons. The van der Waals surface area contributed by atoms with Gasteiger partial charge in [-0.1, -0.05) is 32.4 Å². The molecular weight excluding hydrogens is 158 g/mol. The molecule has 0 saturated heterocycles. The summed E-state index contributed by atoms with van der Waals surface area (Å²) in [6, 6.07) is 0.717. The molecule has 0 bridgehead atoms. The maximum Gasteiger partial charge on any atom is 0.00640 e. The van der Waals surface area contributed by atoms with Gasteiger partial charge in [-0.2, -0.15) is 0 Å². The van der Waals surface area contributed by atoms with Crippen LogP contribution in [0, 0.1) is 0 Å². The Morgan fingerprint density at radius 3 is 2.46 bits per heavy atom. The van der Waals surface area contributed by atoms with E-state index in [2.05, 4.69) is 32.8 Å². The van der Waals surface area contributed by atoms with Crippen molar-refractivity contribution < 1.29 is 0 Å². The molecule has 0 rings (SSSR count). The van der Waals surface area contributed by atoms with Gasteiger partial charge >= 0.3 is 0 Å². The molecule has 1 heteroatoms. The van der Waals surface area contributed by atoms with Gasteiger partial charge in [0.1, 0.15) is 0 Å². The first-order valence-electron chi connectivity index (χ1n) is 5.58. The van der Waals surface area contributed by atoms with Gasteiger partial charge in [-0.05, 0) is 39.2 Å². The zero-order chi connectivity index (χ0) is 10.1. The van der Waals surface area contributed by atoms with Crippen molar-refractivity contribution in [1.29, 1.82) is 0 Å². The van der Waals surface area contributed by atoms with Crippen LogP contribution < -0.4 is 5.32 Å². The highest BCUT2D eigenvalue weighted by Gasteiger charge is 2.03. The molecular formula is C12H25N. The van der Waals surface area contributed by atoms with Gasteiger partial charge in [-0.25, -0.2) is 0 Å². The highest BCUT2D eigenvalue weighted by molar-refractivity contribution is 4.92. The van der Waals surface area contributed by atoms with E-state index >= 15 is 0 Å². The van der Waals surface area contributed by atoms with Crippen LogP contribution >= 0.6 is 0 Å². The summed E-state index contributed by atoms with van der Waals surface area (Å²) >= 11 is 0. The van der Waals surface area contributed by atoms with Gasteiger partial charge in [-0.15, -0.1) is 0 Å². The molecule has 1 N–H and O–H groups in total. The van der Waals surface area contributed by atoms with Gasteiger partial charge in [0.05, 0.1) is 0 Å². The Labute approximate surface area is 83.6 Å². The van der Waals surface area contributed by atoms with Gasteiger partial charge in [-0.3, -0.25) is 0 Å². The molecule has 0 aromatic rings. The summed E-state index contributed by atoms with van der Waals surface area (Å²) in [6.07, 6.45) is 7.51. The second-order valence-corrected chi connectivity index (χ2v) is 3.77. The Hall–Kier alpha value is -0.300. The smallest absolute Gasteiger partial charge is 0.00640 e. The first-order chi connectivity index (χ1) is 6.24. The van der Waals surface area contributed by atoms with Crippen LogP contribution in [0.3, 0.4) is 0 Å². The fraction of sp³-hybridized carbons (Fsp3) is 0.833. The van der Waals surface area contributed by atoms with E-state index in [0.717, 1.165) is 12.5 Å². The monoisotopic (exact) mass is 183 g/mol. The molecule has 1 atom stereocenters. The lowest BCUT2D eigenvalue weighted by Gasteiger charge is -2.14. The number of rotatable bonds is 8. The maximum atomic E-state index is 4.02. The summed E-state index contributed by atoms with van der Waals surface area (Å²) in [7, 11) is 2.06. The van der Waals surface area contributed by atoms with Gasteiger partial charge in [0.2, 0.25) is 0 Å². The molecule has 0 aliphatic heterocycles. The summed E-state index contributed by atoms with van der Waals surface area (Å²) in [6.45, 7) is 8.45. The minimum absolute atomic E-state index is 0.717. The average molecular weight is 183 g/mol. The van der Waals surface area contributed by atoms with Crippen molar-refractivity contribution >= 4 is 0 Å². The number of allylic oxidation sites excluding steroid dienone is 1. The zero-order valence-electron chi connectivity index (χ0n) is 9.53. The molecule has 78 valence electrons. The Bertz CT molecular complexity index is 129. The van der Waals surface area contributed by atoms with E-state index in [1.165, 1.54) is 37.7 Å². The minimum Gasteiger partial charge on any atom is -0.317 e. The molecule has 13 heavy (non-hydrogen) atoms. The third kappa shape index (κ3) is 6.83. The van der Waals surface area contributed by atoms with E-state index in [4.69, 9.17) is 0 Å². The Morgan fingerprint density at radius 1 is 1.31 bits per heavy atom. The average Bonchev–Trinajstić information content (AvgIpc) is 2.16. The quantitative estimate of drug-likeness (QED) is 0.568. The second-order valence-electron chi connectivity index (χ2n) is 3.77. The molecule has 0 spiro atoms. The molecule has 0 amide bonds. The molecule has 0 fully saturated rings. The largest absolute Gasteiger partial charge is 0.317 e. The van der Waals surface area contributed by atoms with Gasteiger partial charge in [0.15, 0.2) is 0 Å². The first-order valence-corrected chi connectivity index (χ1v) is 5.58. The summed E-state index contributed by atoms with van der Waals surface area (Å²) < 4.78 is 0. The zero-order valence-corrected chi connectivity index (χ0v) is 9.53. The number of nitrogens with one attached hydrogen (secondary N) is 1. The standard InChI is InChI=1S/C12H25N/c1-5-8-12(13-4)10-7-9-11(3)6-2/h12-13H,3,5-10H2,1-2,4H3. The molecule has 1 unspecified atom stereocenters. The summed E-state index contributed by atoms with van der Waals surface area (Å²) in [5.74, 6) is 0. The molecule has 0 aromatic heterocycles. The minimum atomic E-state index is 0.717. The molecule has 1 nitrogen and oxygen atoms in total. The van der Waals surface area contributed by atoms with Gasteiger partial charge in [0, 0.05) is 6.04 Å². The van der Waals surface area contributed by atoms with Gasteiger partial charge in [0.25, 0.3) is 0 Å². The van der Waals surface area contributed by atoms with Crippen molar-refractivity contribution in [3.8, 4) is 0 Å². The van der Waals surface area contributed by atoms with E-state index < -0.39 is 0 Å². The third-order valence-electron chi connectivity index (χ3n) is 2.63. The van der Waals surface area contributed by atoms with Crippen LogP contribution in [0.5, 0.6) is 0 Å². The highest BCUT2D eigenvalue weighted by atomic mass is 14.9. The normalized spacial score (nSPS) is 12.8. The lowest BCUT2D eigenvalue weighted by molar-refractivity contribution is 0.468. The van der Waals surface area contributed by atoms with Crippen molar-refractivity contribution in [2.24, 2.45) is 0 Å². The molecule has 0 aromatic carbocycles. The number of hydrogen-bond acceptors (Lipinski definition) is 1.